The molecule has 0 atom stereocenters. The van der Waals surface area contributed by atoms with Crippen molar-refractivity contribution in [3.63, 3.8) is 0 Å². The summed E-state index contributed by atoms with van der Waals surface area (Å²) in [5.41, 5.74) is 0.509. The molecule has 0 aliphatic heterocycles. The normalized spacial score (nSPS) is 11.0. The minimum Gasteiger partial charge on any atom is -0.545 e. The number of nitrogens with zero attached hydrogens (tertiary/aromatic N) is 2. The molecule has 0 saturated heterocycles. The summed E-state index contributed by atoms with van der Waals surface area (Å²) in [6, 6.07) is 10.9. The van der Waals surface area contributed by atoms with E-state index in [1.54, 1.807) is 23.4 Å². The second-order valence-electron chi connectivity index (χ2n) is 4.21. The summed E-state index contributed by atoms with van der Waals surface area (Å²) in [7, 11) is 3.65. The van der Waals surface area contributed by atoms with Crippen LogP contribution in [-0.4, -0.2) is 31.3 Å². The molecule has 0 radical (unpaired) electrons. The van der Waals surface area contributed by atoms with Crippen molar-refractivity contribution in [3.05, 3.63) is 42.0 Å². The molecule has 2 rings (SSSR count). The zero-order valence-electron chi connectivity index (χ0n) is 10.3. The predicted molar refractivity (Wildman–Crippen MR) is 70.1 cm³/mol. The van der Waals surface area contributed by atoms with Crippen LogP contribution in [0, 0.1) is 0 Å². The third-order valence-corrected chi connectivity index (χ3v) is 2.51. The molecule has 0 aliphatic carbocycles. The minimum absolute atomic E-state index is 0.104. The van der Waals surface area contributed by atoms with Gasteiger partial charge in [0, 0.05) is 19.7 Å². The molecule has 0 aromatic heterocycles. The van der Waals surface area contributed by atoms with Crippen LogP contribution in [0.3, 0.4) is 0 Å². The lowest BCUT2D eigenvalue weighted by atomic mass is 10.1. The lowest BCUT2D eigenvalue weighted by Crippen LogP contribution is -2.22. The molecule has 0 aliphatic rings. The van der Waals surface area contributed by atoms with Crippen molar-refractivity contribution >= 4 is 28.8 Å². The zero-order valence-corrected chi connectivity index (χ0v) is 10.3. The number of carboxylic acids is 1. The van der Waals surface area contributed by atoms with Crippen molar-refractivity contribution in [2.75, 3.05) is 14.1 Å². The first kappa shape index (κ1) is 12.1. The largest absolute Gasteiger partial charge is 0.545 e. The summed E-state index contributed by atoms with van der Waals surface area (Å²) in [5.74, 6) is -1.22. The number of benzene rings is 2. The molecular formula is C14H13N2O2-. The molecule has 18 heavy (non-hydrogen) atoms. The van der Waals surface area contributed by atoms with Gasteiger partial charge in [-0.3, -0.25) is 0 Å². The number of hydrogen-bond acceptors (Lipinski definition) is 3. The highest BCUT2D eigenvalue weighted by Gasteiger charge is 2.04. The van der Waals surface area contributed by atoms with Crippen LogP contribution in [0.1, 0.15) is 10.4 Å². The highest BCUT2D eigenvalue weighted by atomic mass is 16.4. The number of carbonyl (C=O) groups is 1. The van der Waals surface area contributed by atoms with Crippen LogP contribution < -0.4 is 5.11 Å². The Labute approximate surface area is 105 Å². The summed E-state index contributed by atoms with van der Waals surface area (Å²) in [4.78, 5) is 17.0. The molecule has 0 unspecified atom stereocenters. The van der Waals surface area contributed by atoms with E-state index in [-0.39, 0.29) is 5.56 Å². The van der Waals surface area contributed by atoms with E-state index in [0.717, 1.165) is 10.8 Å². The summed E-state index contributed by atoms with van der Waals surface area (Å²) >= 11 is 0. The van der Waals surface area contributed by atoms with Gasteiger partial charge in [-0.25, -0.2) is 4.99 Å². The maximum absolute atomic E-state index is 11.1. The number of carboxylic acid groups (broad SMARTS) is 1. The smallest absolute Gasteiger partial charge is 0.0907 e. The number of rotatable bonds is 3. The molecule has 0 amide bonds. The predicted octanol–water partition coefficient (Wildman–Crippen LogP) is 1.42. The first-order chi connectivity index (χ1) is 8.58. The van der Waals surface area contributed by atoms with Crippen LogP contribution in [0.25, 0.3) is 10.8 Å². The van der Waals surface area contributed by atoms with Gasteiger partial charge in [-0.05, 0) is 22.9 Å². The Kier molecular flexibility index (Phi) is 3.28. The van der Waals surface area contributed by atoms with Crippen molar-refractivity contribution in [2.45, 2.75) is 0 Å². The fourth-order valence-electron chi connectivity index (χ4n) is 1.68. The fraction of sp³-hybridized carbons (Fsp3) is 0.143. The summed E-state index contributed by atoms with van der Waals surface area (Å²) in [6.07, 6.45) is 1.57. The van der Waals surface area contributed by atoms with Crippen molar-refractivity contribution in [1.29, 1.82) is 0 Å². The Morgan fingerprint density at radius 2 is 1.83 bits per heavy atom. The Hall–Kier alpha value is -2.36. The number of fused-ring (bicyclic) bond motifs is 1. The standard InChI is InChI=1S/C14H14N2O2/c1-16(2)9-15-13-8-11-6-4-3-5-10(11)7-12(13)14(17)18/h3-9H,1-2H3,(H,17,18)/p-1. The van der Waals surface area contributed by atoms with Gasteiger partial charge in [0.1, 0.15) is 0 Å². The first-order valence-electron chi connectivity index (χ1n) is 5.52. The van der Waals surface area contributed by atoms with E-state index in [1.807, 2.05) is 38.4 Å². The SMILES string of the molecule is CN(C)C=Nc1cc2ccccc2cc1C(=O)[O-]. The fourth-order valence-corrected chi connectivity index (χ4v) is 1.68. The van der Waals surface area contributed by atoms with Crippen molar-refractivity contribution in [3.8, 4) is 0 Å². The van der Waals surface area contributed by atoms with Crippen LogP contribution in [0.5, 0.6) is 0 Å². The summed E-state index contributed by atoms with van der Waals surface area (Å²) in [5, 5.41) is 12.9. The molecule has 0 N–H and O–H groups in total. The average Bonchev–Trinajstić information content (AvgIpc) is 2.35. The van der Waals surface area contributed by atoms with E-state index in [4.69, 9.17) is 0 Å². The monoisotopic (exact) mass is 241 g/mol. The zero-order chi connectivity index (χ0) is 13.1. The van der Waals surface area contributed by atoms with Gasteiger partial charge < -0.3 is 14.8 Å². The number of aliphatic imine (C=N–C) groups is 1. The second kappa shape index (κ2) is 4.87. The third-order valence-electron chi connectivity index (χ3n) is 2.51. The van der Waals surface area contributed by atoms with E-state index in [0.29, 0.717) is 5.69 Å². The quantitative estimate of drug-likeness (QED) is 0.603. The van der Waals surface area contributed by atoms with Gasteiger partial charge >= 0.3 is 0 Å². The molecule has 2 aromatic carbocycles. The maximum Gasteiger partial charge on any atom is 0.0907 e. The molecule has 4 heteroatoms. The van der Waals surface area contributed by atoms with Gasteiger partial charge in [-0.2, -0.15) is 0 Å². The maximum atomic E-state index is 11.1. The number of aromatic carboxylic acids is 1. The molecule has 4 nitrogen and oxygen atoms in total. The van der Waals surface area contributed by atoms with Crippen LogP contribution in [0.4, 0.5) is 5.69 Å². The molecule has 0 bridgehead atoms. The molecule has 2 aromatic rings. The van der Waals surface area contributed by atoms with E-state index in [1.165, 1.54) is 0 Å². The summed E-state index contributed by atoms with van der Waals surface area (Å²) < 4.78 is 0. The highest BCUT2D eigenvalue weighted by Crippen LogP contribution is 2.25. The Bertz CT molecular complexity index is 618. The van der Waals surface area contributed by atoms with Crippen LogP contribution >= 0.6 is 0 Å². The van der Waals surface area contributed by atoms with Crippen molar-refractivity contribution in [2.24, 2.45) is 4.99 Å². The van der Waals surface area contributed by atoms with Crippen LogP contribution in [0.2, 0.25) is 0 Å². The first-order valence-corrected chi connectivity index (χ1v) is 5.52. The van der Waals surface area contributed by atoms with Crippen molar-refractivity contribution < 1.29 is 9.90 Å². The summed E-state index contributed by atoms with van der Waals surface area (Å²) in [6.45, 7) is 0. The molecular weight excluding hydrogens is 228 g/mol. The lowest BCUT2D eigenvalue weighted by Gasteiger charge is -2.10. The molecule has 0 spiro atoms. The second-order valence-corrected chi connectivity index (χ2v) is 4.21. The van der Waals surface area contributed by atoms with Gasteiger partial charge in [-0.15, -0.1) is 0 Å². The number of hydrogen-bond donors (Lipinski definition) is 0. The van der Waals surface area contributed by atoms with Gasteiger partial charge in [0.2, 0.25) is 0 Å². The van der Waals surface area contributed by atoms with Crippen molar-refractivity contribution in [1.82, 2.24) is 4.90 Å². The Morgan fingerprint density at radius 1 is 1.22 bits per heavy atom. The molecule has 92 valence electrons. The Balaban J connectivity index is 2.61. The minimum atomic E-state index is -1.22. The molecule has 0 saturated carbocycles. The van der Waals surface area contributed by atoms with E-state index < -0.39 is 5.97 Å². The van der Waals surface area contributed by atoms with Crippen LogP contribution in [0.15, 0.2) is 41.4 Å². The lowest BCUT2D eigenvalue weighted by molar-refractivity contribution is -0.254. The van der Waals surface area contributed by atoms with E-state index in [2.05, 4.69) is 4.99 Å². The average molecular weight is 241 g/mol. The van der Waals surface area contributed by atoms with Gasteiger partial charge in [0.15, 0.2) is 0 Å². The third kappa shape index (κ3) is 2.48. The van der Waals surface area contributed by atoms with Gasteiger partial charge in [-0.1, -0.05) is 24.3 Å². The number of carbonyl (C=O) groups excluding carboxylic acids is 1. The topological polar surface area (TPSA) is 55.7 Å². The molecule has 0 fully saturated rings. The van der Waals surface area contributed by atoms with Gasteiger partial charge in [0.05, 0.1) is 18.0 Å². The van der Waals surface area contributed by atoms with Gasteiger partial charge in [0.25, 0.3) is 0 Å². The Morgan fingerprint density at radius 3 is 2.39 bits per heavy atom. The van der Waals surface area contributed by atoms with E-state index in [9.17, 15) is 9.90 Å². The highest BCUT2D eigenvalue weighted by molar-refractivity contribution is 5.99. The van der Waals surface area contributed by atoms with E-state index >= 15 is 0 Å². The molecule has 0 heterocycles. The van der Waals surface area contributed by atoms with Crippen LogP contribution in [-0.2, 0) is 0 Å².